The van der Waals surface area contributed by atoms with Gasteiger partial charge in [-0.2, -0.15) is 0 Å². The van der Waals surface area contributed by atoms with Gasteiger partial charge in [0.25, 0.3) is 0 Å². The minimum atomic E-state index is -0.473. The molecule has 0 bridgehead atoms. The predicted molar refractivity (Wildman–Crippen MR) is 59.8 cm³/mol. The lowest BCUT2D eigenvalue weighted by atomic mass is 10.1. The lowest BCUT2D eigenvalue weighted by Gasteiger charge is -2.02. The Hall–Kier alpha value is -1.00. The Labute approximate surface area is 98.2 Å². The number of hydrogen-bond donors (Lipinski definition) is 0. The summed E-state index contributed by atoms with van der Waals surface area (Å²) >= 11 is 8.85. The molecule has 1 heterocycles. The summed E-state index contributed by atoms with van der Waals surface area (Å²) in [6.07, 6.45) is 0.591. The first-order chi connectivity index (χ1) is 7.11. The van der Waals surface area contributed by atoms with E-state index in [1.165, 1.54) is 12.1 Å². The molecule has 0 saturated heterocycles. The van der Waals surface area contributed by atoms with Crippen LogP contribution in [-0.4, -0.2) is 11.3 Å². The molecule has 0 N–H and O–H groups in total. The van der Waals surface area contributed by atoms with E-state index >= 15 is 0 Å². The van der Waals surface area contributed by atoms with Gasteiger partial charge in [0, 0.05) is 9.86 Å². The van der Waals surface area contributed by atoms with E-state index in [-0.39, 0.29) is 16.2 Å². The monoisotopic (exact) mass is 287 g/mol. The van der Waals surface area contributed by atoms with Gasteiger partial charge in [-0.25, -0.2) is 9.37 Å². The largest absolute Gasteiger partial charge is 0.298 e. The van der Waals surface area contributed by atoms with E-state index in [1.54, 1.807) is 6.07 Å². The number of fused-ring (bicyclic) bond motifs is 1. The van der Waals surface area contributed by atoms with Gasteiger partial charge in [0.05, 0.1) is 5.56 Å². The molecular formula is C10H4BrClFNO. The molecule has 1 aromatic carbocycles. The summed E-state index contributed by atoms with van der Waals surface area (Å²) in [5, 5.41) is 0.548. The Morgan fingerprint density at radius 3 is 2.80 bits per heavy atom. The second-order valence-electron chi connectivity index (χ2n) is 2.95. The first-order valence-corrected chi connectivity index (χ1v) is 5.19. The van der Waals surface area contributed by atoms with E-state index in [2.05, 4.69) is 20.9 Å². The molecule has 2 nitrogen and oxygen atoms in total. The van der Waals surface area contributed by atoms with E-state index in [4.69, 9.17) is 11.6 Å². The Bertz CT molecular complexity index is 559. The van der Waals surface area contributed by atoms with E-state index in [0.717, 1.165) is 0 Å². The molecule has 0 aliphatic carbocycles. The zero-order chi connectivity index (χ0) is 11.0. The van der Waals surface area contributed by atoms with E-state index < -0.39 is 5.82 Å². The predicted octanol–water partition coefficient (Wildman–Crippen LogP) is 3.60. The van der Waals surface area contributed by atoms with Crippen LogP contribution in [0.1, 0.15) is 10.4 Å². The normalized spacial score (nSPS) is 10.6. The van der Waals surface area contributed by atoms with Crippen molar-refractivity contribution in [3.05, 3.63) is 39.2 Å². The smallest absolute Gasteiger partial charge is 0.153 e. The van der Waals surface area contributed by atoms with Crippen LogP contribution in [0.15, 0.2) is 22.7 Å². The number of nitrogens with zero attached hydrogens (tertiary/aromatic N) is 1. The van der Waals surface area contributed by atoms with Crippen LogP contribution in [0.3, 0.4) is 0 Å². The third kappa shape index (κ3) is 1.87. The average molecular weight is 289 g/mol. The minimum Gasteiger partial charge on any atom is -0.298 e. The highest BCUT2D eigenvalue weighted by Crippen LogP contribution is 2.25. The zero-order valence-electron chi connectivity index (χ0n) is 7.30. The van der Waals surface area contributed by atoms with Crippen molar-refractivity contribution in [2.24, 2.45) is 0 Å². The van der Waals surface area contributed by atoms with Crippen LogP contribution in [-0.2, 0) is 0 Å². The number of carbonyl (C=O) groups excluding carboxylic acids is 1. The third-order valence-electron chi connectivity index (χ3n) is 1.94. The Morgan fingerprint density at radius 1 is 1.40 bits per heavy atom. The van der Waals surface area contributed by atoms with Crippen LogP contribution in [0.2, 0.25) is 5.15 Å². The molecule has 0 aliphatic rings. The van der Waals surface area contributed by atoms with Gasteiger partial charge in [0.15, 0.2) is 12.1 Å². The fourth-order valence-electron chi connectivity index (χ4n) is 1.29. The van der Waals surface area contributed by atoms with Crippen molar-refractivity contribution in [3.63, 3.8) is 0 Å². The van der Waals surface area contributed by atoms with E-state index in [1.807, 2.05) is 0 Å². The number of aldehydes is 1. The van der Waals surface area contributed by atoms with Crippen molar-refractivity contribution < 1.29 is 9.18 Å². The lowest BCUT2D eigenvalue weighted by molar-refractivity contribution is 0.112. The van der Waals surface area contributed by atoms with Crippen LogP contribution in [0, 0.1) is 5.82 Å². The number of rotatable bonds is 1. The number of benzene rings is 1. The molecule has 0 saturated carbocycles. The van der Waals surface area contributed by atoms with Gasteiger partial charge in [-0.1, -0.05) is 27.5 Å². The topological polar surface area (TPSA) is 30.0 Å². The molecule has 0 aliphatic heterocycles. The number of aromatic nitrogens is 1. The second kappa shape index (κ2) is 3.87. The standard InChI is InChI=1S/C10H4BrClFNO/c11-7-2-5-1-6(4-15)10(12)14-9(5)8(13)3-7/h1-4H. The summed E-state index contributed by atoms with van der Waals surface area (Å²) < 4.78 is 14.0. The highest BCUT2D eigenvalue weighted by molar-refractivity contribution is 9.10. The molecule has 2 aromatic rings. The van der Waals surface area contributed by atoms with Crippen molar-refractivity contribution in [2.75, 3.05) is 0 Å². The van der Waals surface area contributed by atoms with Gasteiger partial charge in [-0.15, -0.1) is 0 Å². The maximum absolute atomic E-state index is 13.4. The van der Waals surface area contributed by atoms with Crippen LogP contribution in [0.25, 0.3) is 10.9 Å². The molecule has 0 radical (unpaired) electrons. The average Bonchev–Trinajstić information content (AvgIpc) is 2.18. The SMILES string of the molecule is O=Cc1cc2cc(Br)cc(F)c2nc1Cl. The first-order valence-electron chi connectivity index (χ1n) is 4.02. The summed E-state index contributed by atoms with van der Waals surface area (Å²) in [6.45, 7) is 0. The van der Waals surface area contributed by atoms with Gasteiger partial charge >= 0.3 is 0 Å². The van der Waals surface area contributed by atoms with Gasteiger partial charge in [0.1, 0.15) is 10.7 Å². The van der Waals surface area contributed by atoms with Gasteiger partial charge in [0.2, 0.25) is 0 Å². The molecule has 0 spiro atoms. The maximum Gasteiger partial charge on any atom is 0.153 e. The van der Waals surface area contributed by atoms with Crippen LogP contribution < -0.4 is 0 Å². The fourth-order valence-corrected chi connectivity index (χ4v) is 1.92. The summed E-state index contributed by atoms with van der Waals surface area (Å²) in [7, 11) is 0. The van der Waals surface area contributed by atoms with Gasteiger partial charge in [-0.3, -0.25) is 4.79 Å². The molecule has 15 heavy (non-hydrogen) atoms. The molecular weight excluding hydrogens is 284 g/mol. The molecule has 0 atom stereocenters. The number of pyridine rings is 1. The first kappa shape index (κ1) is 10.5. The number of halogens is 3. The quantitative estimate of drug-likeness (QED) is 0.593. The Kier molecular flexibility index (Phi) is 2.71. The van der Waals surface area contributed by atoms with Crippen molar-refractivity contribution in [3.8, 4) is 0 Å². The molecule has 5 heteroatoms. The van der Waals surface area contributed by atoms with Crippen LogP contribution >= 0.6 is 27.5 Å². The molecule has 2 rings (SSSR count). The number of hydrogen-bond acceptors (Lipinski definition) is 2. The molecule has 0 amide bonds. The van der Waals surface area contributed by atoms with Crippen LogP contribution in [0.5, 0.6) is 0 Å². The van der Waals surface area contributed by atoms with Crippen LogP contribution in [0.4, 0.5) is 4.39 Å². The summed E-state index contributed by atoms with van der Waals surface area (Å²) in [5.41, 5.74) is 0.412. The molecule has 1 aromatic heterocycles. The molecule has 76 valence electrons. The van der Waals surface area contributed by atoms with Crippen molar-refractivity contribution in [2.45, 2.75) is 0 Å². The van der Waals surface area contributed by atoms with E-state index in [9.17, 15) is 9.18 Å². The number of carbonyl (C=O) groups is 1. The summed E-state index contributed by atoms with van der Waals surface area (Å²) in [5.74, 6) is -0.473. The highest BCUT2D eigenvalue weighted by atomic mass is 79.9. The van der Waals surface area contributed by atoms with Crippen molar-refractivity contribution in [1.82, 2.24) is 4.98 Å². The minimum absolute atomic E-state index is 0.0127. The zero-order valence-corrected chi connectivity index (χ0v) is 9.64. The summed E-state index contributed by atoms with van der Waals surface area (Å²) in [6, 6.07) is 4.48. The molecule has 0 fully saturated rings. The Balaban J connectivity index is 2.87. The van der Waals surface area contributed by atoms with E-state index in [0.29, 0.717) is 16.1 Å². The molecule has 0 unspecified atom stereocenters. The highest BCUT2D eigenvalue weighted by Gasteiger charge is 2.08. The van der Waals surface area contributed by atoms with Crippen molar-refractivity contribution in [1.29, 1.82) is 0 Å². The fraction of sp³-hybridized carbons (Fsp3) is 0. The lowest BCUT2D eigenvalue weighted by Crippen LogP contribution is -1.91. The van der Waals surface area contributed by atoms with Gasteiger partial charge in [-0.05, 0) is 18.2 Å². The maximum atomic E-state index is 13.4. The Morgan fingerprint density at radius 2 is 2.13 bits per heavy atom. The summed E-state index contributed by atoms with van der Waals surface area (Å²) in [4.78, 5) is 14.4. The van der Waals surface area contributed by atoms with Crippen molar-refractivity contribution >= 4 is 44.7 Å². The van der Waals surface area contributed by atoms with Gasteiger partial charge < -0.3 is 0 Å². The second-order valence-corrected chi connectivity index (χ2v) is 4.22. The third-order valence-corrected chi connectivity index (χ3v) is 2.70.